The van der Waals surface area contributed by atoms with E-state index in [-0.39, 0.29) is 0 Å². The third kappa shape index (κ3) is 6.99. The highest BCUT2D eigenvalue weighted by Crippen LogP contribution is 2.49. The van der Waals surface area contributed by atoms with E-state index in [2.05, 4.69) is 13.8 Å². The lowest BCUT2D eigenvalue weighted by molar-refractivity contribution is 0.298. The van der Waals surface area contributed by atoms with Gasteiger partial charge >= 0.3 is 7.82 Å². The van der Waals surface area contributed by atoms with Gasteiger partial charge in [-0.25, -0.2) is 0 Å². The Bertz CT molecular complexity index is 863. The molecule has 0 amide bonds. The summed E-state index contributed by atoms with van der Waals surface area (Å²) < 4.78 is 30.4. The third-order valence-corrected chi connectivity index (χ3v) is 5.61. The minimum atomic E-state index is -3.93. The normalized spacial score (nSPS) is 11.3. The van der Waals surface area contributed by atoms with Crippen molar-refractivity contribution in [2.24, 2.45) is 5.92 Å². The zero-order chi connectivity index (χ0) is 20.5. The summed E-state index contributed by atoms with van der Waals surface area (Å²) >= 11 is 0. The molecule has 0 bridgehead atoms. The molecule has 0 aromatic heterocycles. The van der Waals surface area contributed by atoms with E-state index in [1.54, 1.807) is 60.7 Å². The van der Waals surface area contributed by atoms with Gasteiger partial charge in [-0.05, 0) is 60.7 Å². The van der Waals surface area contributed by atoms with Gasteiger partial charge in [0.25, 0.3) is 0 Å². The van der Waals surface area contributed by atoms with E-state index < -0.39 is 7.82 Å². The number of benzene rings is 3. The molecule has 0 saturated heterocycles. The van der Waals surface area contributed by atoms with Crippen LogP contribution in [0, 0.1) is 5.92 Å². The predicted octanol–water partition coefficient (Wildman–Crippen LogP) is 7.31. The number of rotatable bonds is 10. The number of phosphoric acid groups is 1. The topological polar surface area (TPSA) is 44.8 Å². The van der Waals surface area contributed by atoms with Gasteiger partial charge in [0.1, 0.15) is 17.2 Å². The molecule has 0 saturated carbocycles. The second-order valence-electron chi connectivity index (χ2n) is 7.28. The van der Waals surface area contributed by atoms with Crippen molar-refractivity contribution in [1.82, 2.24) is 0 Å². The smallest absolute Gasteiger partial charge is 0.386 e. The molecule has 0 radical (unpaired) electrons. The SMILES string of the molecule is CC(C)CCCc1ccc(OP(=O)(Oc2ccccc2)Oc2ccccc2)cc1. The highest BCUT2D eigenvalue weighted by atomic mass is 31.2. The van der Waals surface area contributed by atoms with Crippen molar-refractivity contribution < 1.29 is 18.1 Å². The molecule has 3 rings (SSSR count). The highest BCUT2D eigenvalue weighted by Gasteiger charge is 2.33. The molecule has 0 unspecified atom stereocenters. The summed E-state index contributed by atoms with van der Waals surface area (Å²) in [5.41, 5.74) is 1.22. The summed E-state index contributed by atoms with van der Waals surface area (Å²) in [6.45, 7) is 4.46. The molecule has 5 heteroatoms. The van der Waals surface area contributed by atoms with E-state index in [1.807, 2.05) is 24.3 Å². The first-order chi connectivity index (χ1) is 14.0. The van der Waals surface area contributed by atoms with Crippen molar-refractivity contribution >= 4 is 7.82 Å². The van der Waals surface area contributed by atoms with Gasteiger partial charge in [0.05, 0.1) is 0 Å². The van der Waals surface area contributed by atoms with Crippen LogP contribution in [0.25, 0.3) is 0 Å². The second kappa shape index (κ2) is 10.2. The van der Waals surface area contributed by atoms with Crippen LogP contribution in [0.1, 0.15) is 32.3 Å². The van der Waals surface area contributed by atoms with Gasteiger partial charge < -0.3 is 13.6 Å². The molecule has 0 aliphatic rings. The van der Waals surface area contributed by atoms with Crippen LogP contribution >= 0.6 is 7.82 Å². The van der Waals surface area contributed by atoms with Crippen LogP contribution < -0.4 is 13.6 Å². The lowest BCUT2D eigenvalue weighted by atomic mass is 10.0. The molecular weight excluding hydrogens is 383 g/mol. The zero-order valence-corrected chi connectivity index (χ0v) is 17.8. The van der Waals surface area contributed by atoms with Gasteiger partial charge in [-0.15, -0.1) is 0 Å². The van der Waals surface area contributed by atoms with E-state index in [1.165, 1.54) is 12.0 Å². The largest absolute Gasteiger partial charge is 0.647 e. The molecule has 0 N–H and O–H groups in total. The van der Waals surface area contributed by atoms with E-state index in [4.69, 9.17) is 13.6 Å². The summed E-state index contributed by atoms with van der Waals surface area (Å²) in [5.74, 6) is 1.97. The average molecular weight is 410 g/mol. The maximum atomic E-state index is 13.4. The van der Waals surface area contributed by atoms with Crippen molar-refractivity contribution in [2.75, 3.05) is 0 Å². The Morgan fingerprint density at radius 1 is 0.690 bits per heavy atom. The van der Waals surface area contributed by atoms with Crippen LogP contribution in [0.2, 0.25) is 0 Å². The monoisotopic (exact) mass is 410 g/mol. The van der Waals surface area contributed by atoms with Crippen LogP contribution in [-0.2, 0) is 11.0 Å². The molecular formula is C24H27O4P. The Morgan fingerprint density at radius 2 is 1.14 bits per heavy atom. The molecule has 3 aromatic rings. The van der Waals surface area contributed by atoms with Gasteiger partial charge in [-0.2, -0.15) is 4.57 Å². The molecule has 0 aliphatic heterocycles. The van der Waals surface area contributed by atoms with Crippen LogP contribution in [-0.4, -0.2) is 0 Å². The van der Waals surface area contributed by atoms with Crippen molar-refractivity contribution in [2.45, 2.75) is 33.1 Å². The van der Waals surface area contributed by atoms with Gasteiger partial charge in [0.15, 0.2) is 0 Å². The molecule has 0 fully saturated rings. The Balaban J connectivity index is 1.73. The summed E-state index contributed by atoms with van der Waals surface area (Å²) in [6.07, 6.45) is 3.35. The maximum absolute atomic E-state index is 13.4. The van der Waals surface area contributed by atoms with Crippen molar-refractivity contribution in [3.05, 3.63) is 90.5 Å². The molecule has 3 aromatic carbocycles. The number of para-hydroxylation sites is 2. The molecule has 0 spiro atoms. The molecule has 152 valence electrons. The zero-order valence-electron chi connectivity index (χ0n) is 16.9. The van der Waals surface area contributed by atoms with Crippen molar-refractivity contribution in [3.63, 3.8) is 0 Å². The Morgan fingerprint density at radius 3 is 1.59 bits per heavy atom. The Hall–Kier alpha value is -2.71. The minimum Gasteiger partial charge on any atom is -0.386 e. The quantitative estimate of drug-likeness (QED) is 0.329. The fourth-order valence-electron chi connectivity index (χ4n) is 2.84. The lowest BCUT2D eigenvalue weighted by Gasteiger charge is -2.19. The fraction of sp³-hybridized carbons (Fsp3) is 0.250. The van der Waals surface area contributed by atoms with Crippen LogP contribution in [0.5, 0.6) is 17.2 Å². The highest BCUT2D eigenvalue weighted by molar-refractivity contribution is 7.49. The molecule has 0 aliphatic carbocycles. The standard InChI is InChI=1S/C24H27O4P/c1-20(2)10-9-11-21-16-18-24(19-17-21)28-29(25,26-22-12-5-3-6-13-22)27-23-14-7-4-8-15-23/h3-8,12-20H,9-11H2,1-2H3. The summed E-state index contributed by atoms with van der Waals surface area (Å²) in [6, 6.07) is 25.3. The third-order valence-electron chi connectivity index (χ3n) is 4.31. The minimum absolute atomic E-state index is 0.414. The van der Waals surface area contributed by atoms with Crippen LogP contribution in [0.15, 0.2) is 84.9 Å². The number of hydrogen-bond acceptors (Lipinski definition) is 4. The van der Waals surface area contributed by atoms with Gasteiger partial charge in [0, 0.05) is 0 Å². The first kappa shape index (κ1) is 21.0. The summed E-state index contributed by atoms with van der Waals surface area (Å²) in [7, 11) is -3.93. The van der Waals surface area contributed by atoms with Crippen LogP contribution in [0.4, 0.5) is 0 Å². The number of phosphoric ester groups is 1. The lowest BCUT2D eigenvalue weighted by Crippen LogP contribution is -2.07. The first-order valence-corrected chi connectivity index (χ1v) is 11.4. The van der Waals surface area contributed by atoms with E-state index in [9.17, 15) is 4.57 Å². The first-order valence-electron chi connectivity index (χ1n) is 9.90. The maximum Gasteiger partial charge on any atom is 0.647 e. The van der Waals surface area contributed by atoms with E-state index in [0.717, 1.165) is 12.8 Å². The van der Waals surface area contributed by atoms with E-state index >= 15 is 0 Å². The number of hydrogen-bond donors (Lipinski definition) is 0. The molecule has 29 heavy (non-hydrogen) atoms. The average Bonchev–Trinajstić information content (AvgIpc) is 2.70. The van der Waals surface area contributed by atoms with Gasteiger partial charge in [-0.3, -0.25) is 0 Å². The molecule has 0 atom stereocenters. The number of aryl methyl sites for hydroxylation is 1. The van der Waals surface area contributed by atoms with Gasteiger partial charge in [0.2, 0.25) is 0 Å². The Kier molecular flexibility index (Phi) is 7.37. The molecule has 4 nitrogen and oxygen atoms in total. The molecule has 0 heterocycles. The predicted molar refractivity (Wildman–Crippen MR) is 117 cm³/mol. The fourth-order valence-corrected chi connectivity index (χ4v) is 4.09. The van der Waals surface area contributed by atoms with Gasteiger partial charge in [-0.1, -0.05) is 68.8 Å². The Labute approximate surface area is 173 Å². The van der Waals surface area contributed by atoms with E-state index in [0.29, 0.717) is 23.2 Å². The van der Waals surface area contributed by atoms with Crippen molar-refractivity contribution in [3.8, 4) is 17.2 Å². The van der Waals surface area contributed by atoms with Crippen LogP contribution in [0.3, 0.4) is 0 Å². The summed E-state index contributed by atoms with van der Waals surface area (Å²) in [4.78, 5) is 0. The summed E-state index contributed by atoms with van der Waals surface area (Å²) in [5, 5.41) is 0. The second-order valence-corrected chi connectivity index (χ2v) is 8.72. The van der Waals surface area contributed by atoms with Crippen molar-refractivity contribution in [1.29, 1.82) is 0 Å².